The molecule has 2 aliphatic rings. The van der Waals surface area contributed by atoms with E-state index in [4.69, 9.17) is 0 Å². The monoisotopic (exact) mass is 316 g/mol. The number of carbonyl (C=O) groups excluding carboxylic acids is 1. The van der Waals surface area contributed by atoms with E-state index in [1.807, 2.05) is 42.2 Å². The summed E-state index contributed by atoms with van der Waals surface area (Å²) in [5.41, 5.74) is 0.101. The fourth-order valence-electron chi connectivity index (χ4n) is 4.35. The molecule has 2 aliphatic heterocycles. The Hall–Kier alpha value is -1.39. The van der Waals surface area contributed by atoms with Crippen LogP contribution in [0.3, 0.4) is 0 Å². The fourth-order valence-corrected chi connectivity index (χ4v) is 4.35. The minimum atomic E-state index is -0.858. The van der Waals surface area contributed by atoms with Gasteiger partial charge in [-0.05, 0) is 44.7 Å². The van der Waals surface area contributed by atoms with Gasteiger partial charge in [-0.15, -0.1) is 0 Å². The molecule has 3 unspecified atom stereocenters. The molecule has 0 saturated carbocycles. The summed E-state index contributed by atoms with van der Waals surface area (Å²) in [6.45, 7) is 6.10. The summed E-state index contributed by atoms with van der Waals surface area (Å²) in [6.07, 6.45) is 4.47. The SMILES string of the molecule is CC(=O)N1CCCC1C1CCCN1CC(C)(O)c1ccccc1. The summed E-state index contributed by atoms with van der Waals surface area (Å²) in [6, 6.07) is 10.6. The molecule has 23 heavy (non-hydrogen) atoms. The molecule has 3 atom stereocenters. The van der Waals surface area contributed by atoms with Crippen molar-refractivity contribution < 1.29 is 9.90 Å². The number of hydrogen-bond donors (Lipinski definition) is 1. The lowest BCUT2D eigenvalue weighted by Gasteiger charge is -2.38. The van der Waals surface area contributed by atoms with Gasteiger partial charge in [0.05, 0.1) is 5.60 Å². The Balaban J connectivity index is 1.73. The first-order valence-corrected chi connectivity index (χ1v) is 8.78. The summed E-state index contributed by atoms with van der Waals surface area (Å²) in [5.74, 6) is 0.189. The normalized spacial score (nSPS) is 28.0. The molecule has 0 radical (unpaired) electrons. The maximum absolute atomic E-state index is 11.9. The van der Waals surface area contributed by atoms with Gasteiger partial charge in [0.25, 0.3) is 0 Å². The van der Waals surface area contributed by atoms with Gasteiger partial charge in [-0.3, -0.25) is 9.69 Å². The van der Waals surface area contributed by atoms with Crippen LogP contribution < -0.4 is 0 Å². The third-order valence-electron chi connectivity index (χ3n) is 5.47. The molecular formula is C19H28N2O2. The quantitative estimate of drug-likeness (QED) is 0.927. The Morgan fingerprint density at radius 1 is 1.17 bits per heavy atom. The van der Waals surface area contributed by atoms with Gasteiger partial charge < -0.3 is 10.0 Å². The highest BCUT2D eigenvalue weighted by Crippen LogP contribution is 2.32. The molecule has 3 rings (SSSR count). The van der Waals surface area contributed by atoms with E-state index < -0.39 is 5.60 Å². The molecule has 1 aromatic carbocycles. The average Bonchev–Trinajstić information content (AvgIpc) is 3.16. The van der Waals surface area contributed by atoms with Crippen molar-refractivity contribution in [3.63, 3.8) is 0 Å². The van der Waals surface area contributed by atoms with Crippen LogP contribution in [0.1, 0.15) is 45.1 Å². The van der Waals surface area contributed by atoms with E-state index in [-0.39, 0.29) is 5.91 Å². The van der Waals surface area contributed by atoms with Crippen LogP contribution in [-0.4, -0.2) is 52.5 Å². The number of aliphatic hydroxyl groups is 1. The van der Waals surface area contributed by atoms with Gasteiger partial charge >= 0.3 is 0 Å². The van der Waals surface area contributed by atoms with Crippen molar-refractivity contribution >= 4 is 5.91 Å². The van der Waals surface area contributed by atoms with Gasteiger partial charge in [0.1, 0.15) is 0 Å². The molecule has 1 amide bonds. The molecule has 0 spiro atoms. The van der Waals surface area contributed by atoms with Crippen LogP contribution in [0.4, 0.5) is 0 Å². The minimum absolute atomic E-state index is 0.189. The number of rotatable bonds is 4. The Kier molecular flexibility index (Phi) is 4.74. The van der Waals surface area contributed by atoms with Crippen molar-refractivity contribution in [2.24, 2.45) is 0 Å². The summed E-state index contributed by atoms with van der Waals surface area (Å²) in [7, 11) is 0. The maximum Gasteiger partial charge on any atom is 0.219 e. The van der Waals surface area contributed by atoms with Gasteiger partial charge in [-0.25, -0.2) is 0 Å². The van der Waals surface area contributed by atoms with Crippen LogP contribution in [-0.2, 0) is 10.4 Å². The van der Waals surface area contributed by atoms with Gasteiger partial charge in [-0.2, -0.15) is 0 Å². The van der Waals surface area contributed by atoms with E-state index in [0.29, 0.717) is 18.6 Å². The van der Waals surface area contributed by atoms with Gasteiger partial charge in [-0.1, -0.05) is 30.3 Å². The Bertz CT molecular complexity index is 544. The van der Waals surface area contributed by atoms with E-state index in [1.54, 1.807) is 6.92 Å². The zero-order valence-corrected chi connectivity index (χ0v) is 14.2. The van der Waals surface area contributed by atoms with E-state index in [9.17, 15) is 9.90 Å². The van der Waals surface area contributed by atoms with Crippen LogP contribution >= 0.6 is 0 Å². The highest BCUT2D eigenvalue weighted by atomic mass is 16.3. The molecular weight excluding hydrogens is 288 g/mol. The highest BCUT2D eigenvalue weighted by Gasteiger charge is 2.40. The molecule has 0 aliphatic carbocycles. The first kappa shape index (κ1) is 16.5. The highest BCUT2D eigenvalue weighted by molar-refractivity contribution is 5.74. The smallest absolute Gasteiger partial charge is 0.219 e. The van der Waals surface area contributed by atoms with E-state index in [0.717, 1.165) is 44.3 Å². The van der Waals surface area contributed by atoms with Crippen LogP contribution in [0.25, 0.3) is 0 Å². The molecule has 2 fully saturated rings. The topological polar surface area (TPSA) is 43.8 Å². The Labute approximate surface area is 139 Å². The van der Waals surface area contributed by atoms with Crippen LogP contribution in [0.2, 0.25) is 0 Å². The standard InChI is InChI=1S/C19H28N2O2/c1-15(22)21-13-7-11-18(21)17-10-6-12-20(17)14-19(2,23)16-8-4-3-5-9-16/h3-5,8-9,17-18,23H,6-7,10-14H2,1-2H3. The van der Waals surface area contributed by atoms with Crippen LogP contribution in [0.5, 0.6) is 0 Å². The zero-order chi connectivity index (χ0) is 16.4. The van der Waals surface area contributed by atoms with E-state index >= 15 is 0 Å². The minimum Gasteiger partial charge on any atom is -0.384 e. The first-order chi connectivity index (χ1) is 11.0. The van der Waals surface area contributed by atoms with Gasteiger partial charge in [0.15, 0.2) is 0 Å². The van der Waals surface area contributed by atoms with Gasteiger partial charge in [0, 0.05) is 32.1 Å². The number of benzene rings is 1. The summed E-state index contributed by atoms with van der Waals surface area (Å²) >= 11 is 0. The van der Waals surface area contributed by atoms with Crippen molar-refractivity contribution in [3.05, 3.63) is 35.9 Å². The summed E-state index contributed by atoms with van der Waals surface area (Å²) in [5, 5.41) is 11.0. The third-order valence-corrected chi connectivity index (χ3v) is 5.47. The van der Waals surface area contributed by atoms with Crippen molar-refractivity contribution in [2.75, 3.05) is 19.6 Å². The van der Waals surface area contributed by atoms with E-state index in [1.165, 1.54) is 0 Å². The van der Waals surface area contributed by atoms with E-state index in [2.05, 4.69) is 4.90 Å². The van der Waals surface area contributed by atoms with Crippen molar-refractivity contribution in [1.29, 1.82) is 0 Å². The first-order valence-electron chi connectivity index (χ1n) is 8.78. The maximum atomic E-state index is 11.9. The molecule has 0 bridgehead atoms. The van der Waals surface area contributed by atoms with Gasteiger partial charge in [0.2, 0.25) is 5.91 Å². The molecule has 4 heteroatoms. The number of nitrogens with zero attached hydrogens (tertiary/aromatic N) is 2. The summed E-state index contributed by atoms with van der Waals surface area (Å²) in [4.78, 5) is 16.3. The largest absolute Gasteiger partial charge is 0.384 e. The lowest BCUT2D eigenvalue weighted by molar-refractivity contribution is -0.130. The molecule has 0 aromatic heterocycles. The lowest BCUT2D eigenvalue weighted by atomic mass is 9.94. The molecule has 4 nitrogen and oxygen atoms in total. The number of β-amino-alcohol motifs (C(OH)–C–C–N with tert-alkyl or cyclic N) is 1. The molecule has 2 heterocycles. The average molecular weight is 316 g/mol. The second-order valence-electron chi connectivity index (χ2n) is 7.24. The van der Waals surface area contributed by atoms with Crippen LogP contribution in [0, 0.1) is 0 Å². The molecule has 126 valence electrons. The number of carbonyl (C=O) groups is 1. The predicted molar refractivity (Wildman–Crippen MR) is 91.0 cm³/mol. The molecule has 2 saturated heterocycles. The second kappa shape index (κ2) is 6.62. The Morgan fingerprint density at radius 2 is 1.83 bits per heavy atom. The van der Waals surface area contributed by atoms with Crippen LogP contribution in [0.15, 0.2) is 30.3 Å². The molecule has 1 aromatic rings. The lowest BCUT2D eigenvalue weighted by Crippen LogP contribution is -2.50. The predicted octanol–water partition coefficient (Wildman–Crippen LogP) is 2.37. The zero-order valence-electron chi connectivity index (χ0n) is 14.2. The van der Waals surface area contributed by atoms with Crippen molar-refractivity contribution in [2.45, 2.75) is 57.2 Å². The third kappa shape index (κ3) is 3.43. The van der Waals surface area contributed by atoms with Crippen molar-refractivity contribution in [1.82, 2.24) is 9.80 Å². The number of likely N-dealkylation sites (tertiary alicyclic amines) is 2. The number of hydrogen-bond acceptors (Lipinski definition) is 3. The second-order valence-corrected chi connectivity index (χ2v) is 7.24. The summed E-state index contributed by atoms with van der Waals surface area (Å²) < 4.78 is 0. The van der Waals surface area contributed by atoms with Crippen molar-refractivity contribution in [3.8, 4) is 0 Å². The Morgan fingerprint density at radius 3 is 2.52 bits per heavy atom. The molecule has 1 N–H and O–H groups in total. The number of amides is 1. The fraction of sp³-hybridized carbons (Fsp3) is 0.632.